The molecule has 5 heteroatoms. The van der Waals surface area contributed by atoms with E-state index < -0.39 is 0 Å². The van der Waals surface area contributed by atoms with Crippen LogP contribution in [0.5, 0.6) is 17.2 Å². The summed E-state index contributed by atoms with van der Waals surface area (Å²) in [7, 11) is 4.76. The zero-order valence-corrected chi connectivity index (χ0v) is 13.3. The third kappa shape index (κ3) is 4.26. The molecule has 0 fully saturated rings. The number of ether oxygens (including phenoxy) is 3. The number of benzene rings is 2. The first-order valence-corrected chi connectivity index (χ1v) is 7.01. The summed E-state index contributed by atoms with van der Waals surface area (Å²) in [5.41, 5.74) is 1.30. The fourth-order valence-corrected chi connectivity index (χ4v) is 1.99. The van der Waals surface area contributed by atoms with Gasteiger partial charge in [0.15, 0.2) is 5.78 Å². The summed E-state index contributed by atoms with van der Waals surface area (Å²) in [6, 6.07) is 12.3. The fraction of sp³-hybridized carbons (Fsp3) is 0.167. The topological polar surface area (TPSA) is 56.8 Å². The third-order valence-electron chi connectivity index (χ3n) is 3.25. The average molecular weight is 313 g/mol. The van der Waals surface area contributed by atoms with Crippen molar-refractivity contribution in [2.45, 2.75) is 0 Å². The number of nitrogens with one attached hydrogen (secondary N) is 1. The maximum absolute atomic E-state index is 12.1. The molecule has 2 aromatic rings. The second-order valence-corrected chi connectivity index (χ2v) is 4.64. The van der Waals surface area contributed by atoms with Crippen LogP contribution in [-0.4, -0.2) is 27.1 Å². The Morgan fingerprint density at radius 3 is 2.17 bits per heavy atom. The van der Waals surface area contributed by atoms with Gasteiger partial charge in [-0.3, -0.25) is 4.79 Å². The summed E-state index contributed by atoms with van der Waals surface area (Å²) in [5, 5.41) is 3.03. The number of methoxy groups -OCH3 is 3. The molecule has 0 aliphatic rings. The maximum atomic E-state index is 12.1. The Bertz CT molecular complexity index is 693. The van der Waals surface area contributed by atoms with Crippen molar-refractivity contribution in [2.24, 2.45) is 0 Å². The van der Waals surface area contributed by atoms with Crippen molar-refractivity contribution in [1.29, 1.82) is 0 Å². The molecule has 0 radical (unpaired) electrons. The van der Waals surface area contributed by atoms with Crippen molar-refractivity contribution in [3.63, 3.8) is 0 Å². The van der Waals surface area contributed by atoms with E-state index in [1.807, 2.05) is 0 Å². The van der Waals surface area contributed by atoms with E-state index in [0.717, 1.165) is 0 Å². The van der Waals surface area contributed by atoms with Crippen LogP contribution < -0.4 is 19.5 Å². The van der Waals surface area contributed by atoms with E-state index in [9.17, 15) is 4.79 Å². The maximum Gasteiger partial charge on any atom is 0.187 e. The van der Waals surface area contributed by atoms with Gasteiger partial charge in [-0.05, 0) is 36.4 Å². The van der Waals surface area contributed by atoms with E-state index in [-0.39, 0.29) is 5.78 Å². The molecular formula is C18H19NO4. The molecule has 0 aliphatic carbocycles. The van der Waals surface area contributed by atoms with Gasteiger partial charge in [-0.25, -0.2) is 0 Å². The standard InChI is InChI=1S/C18H19NO4/c1-21-14-6-4-13(5-7-14)17(20)10-11-19-16-12-15(22-2)8-9-18(16)23-3/h4-12,19H,1-3H3. The van der Waals surface area contributed by atoms with E-state index in [4.69, 9.17) is 14.2 Å². The molecule has 0 aromatic heterocycles. The highest BCUT2D eigenvalue weighted by Crippen LogP contribution is 2.28. The van der Waals surface area contributed by atoms with Crippen molar-refractivity contribution in [1.82, 2.24) is 0 Å². The van der Waals surface area contributed by atoms with E-state index in [1.54, 1.807) is 70.0 Å². The predicted molar refractivity (Wildman–Crippen MR) is 89.6 cm³/mol. The second-order valence-electron chi connectivity index (χ2n) is 4.64. The summed E-state index contributed by atoms with van der Waals surface area (Å²) in [4.78, 5) is 12.1. The second kappa shape index (κ2) is 7.89. The zero-order chi connectivity index (χ0) is 16.7. The largest absolute Gasteiger partial charge is 0.497 e. The van der Waals surface area contributed by atoms with E-state index in [1.165, 1.54) is 6.08 Å². The van der Waals surface area contributed by atoms with Crippen LogP contribution in [0.25, 0.3) is 0 Å². The molecule has 0 saturated carbocycles. The molecule has 0 atom stereocenters. The van der Waals surface area contributed by atoms with Gasteiger partial charge in [0.25, 0.3) is 0 Å². The van der Waals surface area contributed by atoms with E-state index in [0.29, 0.717) is 28.5 Å². The summed E-state index contributed by atoms with van der Waals surface area (Å²) < 4.78 is 15.5. The van der Waals surface area contributed by atoms with Gasteiger partial charge in [0.2, 0.25) is 0 Å². The molecule has 0 amide bonds. The van der Waals surface area contributed by atoms with Gasteiger partial charge < -0.3 is 19.5 Å². The van der Waals surface area contributed by atoms with Gasteiger partial charge in [-0.15, -0.1) is 0 Å². The fourth-order valence-electron chi connectivity index (χ4n) is 1.99. The zero-order valence-electron chi connectivity index (χ0n) is 13.3. The van der Waals surface area contributed by atoms with Gasteiger partial charge in [0, 0.05) is 23.9 Å². The molecule has 2 rings (SSSR count). The monoisotopic (exact) mass is 313 g/mol. The van der Waals surface area contributed by atoms with Crippen LogP contribution in [0, 0.1) is 0 Å². The average Bonchev–Trinajstić information content (AvgIpc) is 2.61. The summed E-state index contributed by atoms with van der Waals surface area (Å²) in [6.45, 7) is 0. The van der Waals surface area contributed by atoms with E-state index >= 15 is 0 Å². The first kappa shape index (κ1) is 16.4. The van der Waals surface area contributed by atoms with Crippen LogP contribution in [-0.2, 0) is 0 Å². The third-order valence-corrected chi connectivity index (χ3v) is 3.25. The van der Waals surface area contributed by atoms with Crippen LogP contribution in [0.1, 0.15) is 10.4 Å². The first-order valence-electron chi connectivity index (χ1n) is 7.01. The number of hydrogen-bond acceptors (Lipinski definition) is 5. The van der Waals surface area contributed by atoms with Crippen LogP contribution in [0.2, 0.25) is 0 Å². The van der Waals surface area contributed by atoms with Crippen molar-refractivity contribution in [3.05, 3.63) is 60.3 Å². The van der Waals surface area contributed by atoms with Crippen molar-refractivity contribution < 1.29 is 19.0 Å². The molecule has 120 valence electrons. The normalized spacial score (nSPS) is 10.4. The highest BCUT2D eigenvalue weighted by atomic mass is 16.5. The Morgan fingerprint density at radius 1 is 0.913 bits per heavy atom. The number of rotatable bonds is 7. The minimum Gasteiger partial charge on any atom is -0.497 e. The summed E-state index contributed by atoms with van der Waals surface area (Å²) >= 11 is 0. The molecular weight excluding hydrogens is 294 g/mol. The van der Waals surface area contributed by atoms with Crippen molar-refractivity contribution in [3.8, 4) is 17.2 Å². The van der Waals surface area contributed by atoms with Gasteiger partial charge in [-0.1, -0.05) is 0 Å². The lowest BCUT2D eigenvalue weighted by Gasteiger charge is -2.09. The number of carbonyl (C=O) groups excluding carboxylic acids is 1. The molecule has 0 heterocycles. The van der Waals surface area contributed by atoms with Gasteiger partial charge in [0.1, 0.15) is 17.2 Å². The Kier molecular flexibility index (Phi) is 5.63. The quantitative estimate of drug-likeness (QED) is 0.626. The molecule has 1 N–H and O–H groups in total. The minimum absolute atomic E-state index is 0.109. The molecule has 0 aliphatic heterocycles. The molecule has 0 bridgehead atoms. The molecule has 0 spiro atoms. The Hall–Kier alpha value is -2.95. The predicted octanol–water partition coefficient (Wildman–Crippen LogP) is 3.52. The lowest BCUT2D eigenvalue weighted by molar-refractivity contribution is 0.104. The van der Waals surface area contributed by atoms with E-state index in [2.05, 4.69) is 5.32 Å². The minimum atomic E-state index is -0.109. The number of carbonyl (C=O) groups is 1. The van der Waals surface area contributed by atoms with Crippen LogP contribution in [0.3, 0.4) is 0 Å². The Morgan fingerprint density at radius 2 is 1.57 bits per heavy atom. The molecule has 5 nitrogen and oxygen atoms in total. The first-order chi connectivity index (χ1) is 11.2. The Balaban J connectivity index is 2.07. The number of ketones is 1. The highest BCUT2D eigenvalue weighted by molar-refractivity contribution is 6.04. The summed E-state index contributed by atoms with van der Waals surface area (Å²) in [5.74, 6) is 1.96. The number of anilines is 1. The smallest absolute Gasteiger partial charge is 0.187 e. The van der Waals surface area contributed by atoms with Crippen LogP contribution >= 0.6 is 0 Å². The summed E-state index contributed by atoms with van der Waals surface area (Å²) in [6.07, 6.45) is 3.03. The van der Waals surface area contributed by atoms with Gasteiger partial charge >= 0.3 is 0 Å². The molecule has 0 unspecified atom stereocenters. The lowest BCUT2D eigenvalue weighted by Crippen LogP contribution is -1.98. The highest BCUT2D eigenvalue weighted by Gasteiger charge is 2.04. The number of hydrogen-bond donors (Lipinski definition) is 1. The SMILES string of the molecule is COc1ccc(C(=O)C=CNc2cc(OC)ccc2OC)cc1. The lowest BCUT2D eigenvalue weighted by atomic mass is 10.1. The van der Waals surface area contributed by atoms with Gasteiger partial charge in [0.05, 0.1) is 27.0 Å². The van der Waals surface area contributed by atoms with Crippen LogP contribution in [0.4, 0.5) is 5.69 Å². The Labute approximate surface area is 135 Å². The van der Waals surface area contributed by atoms with Gasteiger partial charge in [-0.2, -0.15) is 0 Å². The molecule has 23 heavy (non-hydrogen) atoms. The van der Waals surface area contributed by atoms with Crippen molar-refractivity contribution >= 4 is 11.5 Å². The van der Waals surface area contributed by atoms with Crippen LogP contribution in [0.15, 0.2) is 54.7 Å². The van der Waals surface area contributed by atoms with Crippen molar-refractivity contribution in [2.75, 3.05) is 26.6 Å². The molecule has 0 saturated heterocycles. The number of allylic oxidation sites excluding steroid dienone is 1. The molecule has 2 aromatic carbocycles.